The molecule has 3 rings (SSSR count). The topological polar surface area (TPSA) is 187 Å². The van der Waals surface area contributed by atoms with Gasteiger partial charge in [0.2, 0.25) is 5.95 Å². The van der Waals surface area contributed by atoms with E-state index in [4.69, 9.17) is 10.8 Å². The number of hydrogen-bond donors (Lipinski definition) is 6. The van der Waals surface area contributed by atoms with Crippen molar-refractivity contribution in [2.45, 2.75) is 31.7 Å². The van der Waals surface area contributed by atoms with Crippen molar-refractivity contribution >= 4 is 29.5 Å². The highest BCUT2D eigenvalue weighted by atomic mass is 16.4. The summed E-state index contributed by atoms with van der Waals surface area (Å²) in [5.74, 6) is -2.99. The van der Waals surface area contributed by atoms with Gasteiger partial charge in [0.05, 0.1) is 5.69 Å². The van der Waals surface area contributed by atoms with Gasteiger partial charge in [0.1, 0.15) is 6.04 Å². The molecule has 0 saturated heterocycles. The maximum absolute atomic E-state index is 12.5. The quantitative estimate of drug-likeness (QED) is 0.205. The predicted octanol–water partition coefficient (Wildman–Crippen LogP) is 2.11. The zero-order valence-corrected chi connectivity index (χ0v) is 19.4. The van der Waals surface area contributed by atoms with Crippen molar-refractivity contribution in [3.63, 3.8) is 0 Å². The Labute approximate surface area is 206 Å². The number of carboxylic acid groups (broad SMARTS) is 2. The van der Waals surface area contributed by atoms with Gasteiger partial charge in [-0.3, -0.25) is 19.4 Å². The molecule has 11 heteroatoms. The van der Waals surface area contributed by atoms with Crippen LogP contribution in [0, 0.1) is 0 Å². The first-order chi connectivity index (χ1) is 17.2. The second kappa shape index (κ2) is 12.2. The Morgan fingerprint density at radius 2 is 1.72 bits per heavy atom. The summed E-state index contributed by atoms with van der Waals surface area (Å²) in [6, 6.07) is 14.5. The van der Waals surface area contributed by atoms with Gasteiger partial charge in [0, 0.05) is 35.3 Å². The molecule has 1 amide bonds. The van der Waals surface area contributed by atoms with Gasteiger partial charge in [0.15, 0.2) is 0 Å². The van der Waals surface area contributed by atoms with Gasteiger partial charge in [-0.15, -0.1) is 0 Å². The number of nitrogens with one attached hydrogen (secondary N) is 3. The van der Waals surface area contributed by atoms with Crippen molar-refractivity contribution < 1.29 is 24.6 Å². The van der Waals surface area contributed by atoms with Crippen LogP contribution >= 0.6 is 0 Å². The van der Waals surface area contributed by atoms with Crippen LogP contribution in [0.15, 0.2) is 59.4 Å². The normalized spacial score (nSPS) is 11.4. The average molecular weight is 494 g/mol. The largest absolute Gasteiger partial charge is 0.481 e. The number of carboxylic acids is 2. The third-order valence-corrected chi connectivity index (χ3v) is 5.41. The Hall–Kier alpha value is -4.67. The number of aromatic amines is 1. The van der Waals surface area contributed by atoms with E-state index >= 15 is 0 Å². The highest BCUT2D eigenvalue weighted by Crippen LogP contribution is 2.20. The molecule has 0 aliphatic heterocycles. The molecule has 0 unspecified atom stereocenters. The van der Waals surface area contributed by atoms with E-state index in [9.17, 15) is 24.3 Å². The number of amides is 1. The highest BCUT2D eigenvalue weighted by molar-refractivity contribution is 5.96. The Morgan fingerprint density at radius 3 is 2.36 bits per heavy atom. The molecule has 0 aliphatic carbocycles. The first-order valence-corrected chi connectivity index (χ1v) is 11.3. The van der Waals surface area contributed by atoms with Crippen LogP contribution in [-0.2, 0) is 16.0 Å². The number of nitrogens with zero attached hydrogens (tertiary/aromatic N) is 1. The molecule has 2 aromatic carbocycles. The average Bonchev–Trinajstić information content (AvgIpc) is 2.85. The Morgan fingerprint density at radius 1 is 1.03 bits per heavy atom. The first kappa shape index (κ1) is 25.9. The van der Waals surface area contributed by atoms with Gasteiger partial charge >= 0.3 is 11.9 Å². The van der Waals surface area contributed by atoms with Crippen LogP contribution < -0.4 is 21.9 Å². The highest BCUT2D eigenvalue weighted by Gasteiger charge is 2.21. The molecule has 11 nitrogen and oxygen atoms in total. The molecule has 188 valence electrons. The lowest BCUT2D eigenvalue weighted by molar-refractivity contribution is -0.140. The standard InChI is InChI=1S/C25H27N5O6/c26-25-29-21(15-5-2-1-3-6-15)18(23(34)30-25)7-4-14-27-17-10-8-16(9-11-17)22(33)28-19(24(35)36)12-13-20(31)32/h1-3,5-6,8-11,19,27H,4,7,12-14H2,(H,28,33)(H,31,32)(H,35,36)(H3,26,29,30,34)/t19-/m0/s1. The zero-order chi connectivity index (χ0) is 26.1. The third kappa shape index (κ3) is 7.16. The fourth-order valence-electron chi connectivity index (χ4n) is 3.59. The molecule has 0 saturated carbocycles. The zero-order valence-electron chi connectivity index (χ0n) is 19.4. The van der Waals surface area contributed by atoms with Crippen LogP contribution in [0.3, 0.4) is 0 Å². The van der Waals surface area contributed by atoms with Crippen molar-refractivity contribution in [3.05, 3.63) is 76.1 Å². The van der Waals surface area contributed by atoms with E-state index < -0.39 is 23.9 Å². The molecule has 1 heterocycles. The van der Waals surface area contributed by atoms with E-state index in [1.54, 1.807) is 12.1 Å². The minimum absolute atomic E-state index is 0.0569. The lowest BCUT2D eigenvalue weighted by Crippen LogP contribution is -2.41. The molecular formula is C25H27N5O6. The number of anilines is 2. The summed E-state index contributed by atoms with van der Waals surface area (Å²) in [4.78, 5) is 53.7. The van der Waals surface area contributed by atoms with Crippen LogP contribution in [0.4, 0.5) is 11.6 Å². The van der Waals surface area contributed by atoms with E-state index in [1.807, 2.05) is 30.3 Å². The Kier molecular flexibility index (Phi) is 8.76. The molecule has 0 aliphatic rings. The maximum Gasteiger partial charge on any atom is 0.326 e. The summed E-state index contributed by atoms with van der Waals surface area (Å²) < 4.78 is 0. The fourth-order valence-corrected chi connectivity index (χ4v) is 3.59. The number of aromatic nitrogens is 2. The molecule has 1 atom stereocenters. The summed E-state index contributed by atoms with van der Waals surface area (Å²) in [6.07, 6.45) is 0.507. The minimum Gasteiger partial charge on any atom is -0.481 e. The van der Waals surface area contributed by atoms with Gasteiger partial charge in [-0.05, 0) is 43.5 Å². The second-order valence-electron chi connectivity index (χ2n) is 8.05. The molecule has 7 N–H and O–H groups in total. The van der Waals surface area contributed by atoms with Crippen molar-refractivity contribution in [1.82, 2.24) is 15.3 Å². The number of aliphatic carboxylic acids is 2. The van der Waals surface area contributed by atoms with Gasteiger partial charge in [-0.25, -0.2) is 9.78 Å². The lowest BCUT2D eigenvalue weighted by Gasteiger charge is -2.14. The molecule has 36 heavy (non-hydrogen) atoms. The minimum atomic E-state index is -1.30. The van der Waals surface area contributed by atoms with E-state index in [0.717, 1.165) is 11.3 Å². The summed E-state index contributed by atoms with van der Waals surface area (Å²) >= 11 is 0. The fraction of sp³-hybridized carbons (Fsp3) is 0.240. The number of H-pyrrole nitrogens is 1. The van der Waals surface area contributed by atoms with Crippen molar-refractivity contribution in [2.75, 3.05) is 17.6 Å². The molecule has 0 bridgehead atoms. The molecule has 0 spiro atoms. The van der Waals surface area contributed by atoms with Gasteiger partial charge in [-0.1, -0.05) is 30.3 Å². The van der Waals surface area contributed by atoms with Gasteiger partial charge in [-0.2, -0.15) is 0 Å². The SMILES string of the molecule is Nc1nc(-c2ccccc2)c(CCCNc2ccc(C(=O)N[C@@H](CCC(=O)O)C(=O)O)cc2)c(=O)[nH]1. The number of nitrogens with two attached hydrogens (primary N) is 1. The van der Waals surface area contributed by atoms with Gasteiger partial charge < -0.3 is 26.6 Å². The monoisotopic (exact) mass is 493 g/mol. The smallest absolute Gasteiger partial charge is 0.326 e. The Balaban J connectivity index is 1.56. The molecule has 1 aromatic heterocycles. The van der Waals surface area contributed by atoms with Crippen LogP contribution in [-0.4, -0.2) is 50.6 Å². The van der Waals surface area contributed by atoms with Gasteiger partial charge in [0.25, 0.3) is 11.5 Å². The van der Waals surface area contributed by atoms with Crippen LogP contribution in [0.5, 0.6) is 0 Å². The summed E-state index contributed by atoms with van der Waals surface area (Å²) in [5, 5.41) is 23.5. The molecule has 0 radical (unpaired) electrons. The molecular weight excluding hydrogens is 466 g/mol. The number of carbonyl (C=O) groups is 3. The maximum atomic E-state index is 12.5. The van der Waals surface area contributed by atoms with E-state index in [1.165, 1.54) is 12.1 Å². The predicted molar refractivity (Wildman–Crippen MR) is 134 cm³/mol. The number of hydrogen-bond acceptors (Lipinski definition) is 7. The van der Waals surface area contributed by atoms with Crippen molar-refractivity contribution in [3.8, 4) is 11.3 Å². The number of rotatable bonds is 12. The van der Waals surface area contributed by atoms with Crippen molar-refractivity contribution in [2.24, 2.45) is 0 Å². The summed E-state index contributed by atoms with van der Waals surface area (Å²) in [5.41, 5.74) is 8.34. The third-order valence-electron chi connectivity index (χ3n) is 5.41. The van der Waals surface area contributed by atoms with Crippen LogP contribution in [0.2, 0.25) is 0 Å². The van der Waals surface area contributed by atoms with Crippen molar-refractivity contribution in [1.29, 1.82) is 0 Å². The molecule has 0 fully saturated rings. The lowest BCUT2D eigenvalue weighted by atomic mass is 10.0. The van der Waals surface area contributed by atoms with E-state index in [-0.39, 0.29) is 29.9 Å². The number of benzene rings is 2. The molecule has 3 aromatic rings. The van der Waals surface area contributed by atoms with E-state index in [2.05, 4.69) is 20.6 Å². The number of carbonyl (C=O) groups excluding carboxylic acids is 1. The summed E-state index contributed by atoms with van der Waals surface area (Å²) in [6.45, 7) is 0.542. The second-order valence-corrected chi connectivity index (χ2v) is 8.05. The van der Waals surface area contributed by atoms with E-state index in [0.29, 0.717) is 30.6 Å². The first-order valence-electron chi connectivity index (χ1n) is 11.3. The van der Waals surface area contributed by atoms with Crippen LogP contribution in [0.1, 0.15) is 35.2 Å². The Bertz CT molecular complexity index is 1270. The van der Waals surface area contributed by atoms with Crippen LogP contribution in [0.25, 0.3) is 11.3 Å². The summed E-state index contributed by atoms with van der Waals surface area (Å²) in [7, 11) is 0. The number of nitrogen functional groups attached to an aromatic ring is 1.